The predicted molar refractivity (Wildman–Crippen MR) is 99.8 cm³/mol. The van der Waals surface area contributed by atoms with Crippen molar-refractivity contribution in [3.63, 3.8) is 0 Å². The van der Waals surface area contributed by atoms with Crippen LogP contribution in [0.5, 0.6) is 0 Å². The Hall–Kier alpha value is -3.27. The van der Waals surface area contributed by atoms with Crippen LogP contribution in [0.25, 0.3) is 11.1 Å². The highest BCUT2D eigenvalue weighted by atomic mass is 16.1. The minimum atomic E-state index is -0.169. The van der Waals surface area contributed by atoms with E-state index in [1.807, 2.05) is 55.5 Å². The van der Waals surface area contributed by atoms with Gasteiger partial charge in [0.05, 0.1) is 5.69 Å². The molecule has 3 aromatic rings. The Morgan fingerprint density at radius 3 is 2.12 bits per heavy atom. The predicted octanol–water partition coefficient (Wildman–Crippen LogP) is 4.08. The first kappa shape index (κ1) is 15.6. The number of nitrogens with one attached hydrogen (secondary N) is 1. The maximum atomic E-state index is 12.5. The average Bonchev–Trinajstić information content (AvgIpc) is 2.57. The molecule has 0 fully saturated rings. The smallest absolute Gasteiger partial charge is 0.255 e. The molecule has 1 amide bonds. The number of carbonyl (C=O) groups is 1. The molecule has 5 N–H and O–H groups in total. The second-order valence-corrected chi connectivity index (χ2v) is 5.75. The fourth-order valence-corrected chi connectivity index (χ4v) is 2.48. The Labute approximate surface area is 141 Å². The third kappa shape index (κ3) is 3.38. The summed E-state index contributed by atoms with van der Waals surface area (Å²) >= 11 is 0. The van der Waals surface area contributed by atoms with Crippen molar-refractivity contribution < 1.29 is 4.79 Å². The number of aryl methyl sites for hydroxylation is 1. The van der Waals surface area contributed by atoms with Crippen molar-refractivity contribution in [3.05, 3.63) is 77.9 Å². The molecule has 24 heavy (non-hydrogen) atoms. The number of amides is 1. The molecule has 4 nitrogen and oxygen atoms in total. The zero-order valence-electron chi connectivity index (χ0n) is 13.4. The van der Waals surface area contributed by atoms with Crippen LogP contribution < -0.4 is 16.8 Å². The number of carbonyl (C=O) groups excluding carboxylic acids is 1. The van der Waals surface area contributed by atoms with Crippen molar-refractivity contribution in [2.75, 3.05) is 16.8 Å². The zero-order valence-corrected chi connectivity index (χ0v) is 13.4. The molecule has 3 aromatic carbocycles. The van der Waals surface area contributed by atoms with Crippen LogP contribution in [0.4, 0.5) is 17.1 Å². The van der Waals surface area contributed by atoms with E-state index in [0.717, 1.165) is 16.7 Å². The molecule has 0 bridgehead atoms. The molecular weight excluding hydrogens is 298 g/mol. The number of nitrogen functional groups attached to an aromatic ring is 2. The lowest BCUT2D eigenvalue weighted by atomic mass is 10.0. The highest BCUT2D eigenvalue weighted by molar-refractivity contribution is 6.06. The number of hydrogen-bond donors (Lipinski definition) is 3. The summed E-state index contributed by atoms with van der Waals surface area (Å²) in [5.74, 6) is -0.169. The standard InChI is InChI=1S/C20H19N3O/c1-13-2-4-15(5-3-13)20(24)23-19-12-17(22)10-11-18(19)14-6-8-16(21)9-7-14/h2-12H,21-22H2,1H3,(H,23,24). The molecule has 0 saturated carbocycles. The Balaban J connectivity index is 1.95. The van der Waals surface area contributed by atoms with Crippen LogP contribution in [0, 0.1) is 6.92 Å². The van der Waals surface area contributed by atoms with Gasteiger partial charge in [-0.15, -0.1) is 0 Å². The Morgan fingerprint density at radius 1 is 0.833 bits per heavy atom. The van der Waals surface area contributed by atoms with Crippen molar-refractivity contribution in [2.45, 2.75) is 6.92 Å². The quantitative estimate of drug-likeness (QED) is 0.637. The lowest BCUT2D eigenvalue weighted by Gasteiger charge is -2.13. The van der Waals surface area contributed by atoms with E-state index in [2.05, 4.69) is 5.32 Å². The molecule has 0 aromatic heterocycles. The molecule has 4 heteroatoms. The summed E-state index contributed by atoms with van der Waals surface area (Å²) < 4.78 is 0. The number of nitrogens with two attached hydrogens (primary N) is 2. The van der Waals surface area contributed by atoms with Gasteiger partial charge >= 0.3 is 0 Å². The average molecular weight is 317 g/mol. The van der Waals surface area contributed by atoms with Crippen molar-refractivity contribution in [3.8, 4) is 11.1 Å². The Bertz CT molecular complexity index is 868. The fourth-order valence-electron chi connectivity index (χ4n) is 2.48. The van der Waals surface area contributed by atoms with Crippen LogP contribution in [-0.4, -0.2) is 5.91 Å². The van der Waals surface area contributed by atoms with Gasteiger partial charge in [0.25, 0.3) is 5.91 Å². The van der Waals surface area contributed by atoms with Crippen LogP contribution >= 0.6 is 0 Å². The molecule has 0 unspecified atom stereocenters. The van der Waals surface area contributed by atoms with Gasteiger partial charge in [-0.1, -0.05) is 35.9 Å². The highest BCUT2D eigenvalue weighted by Crippen LogP contribution is 2.30. The summed E-state index contributed by atoms with van der Waals surface area (Å²) in [6.45, 7) is 1.98. The first-order chi connectivity index (χ1) is 11.5. The molecule has 0 aliphatic rings. The molecule has 3 rings (SSSR count). The normalized spacial score (nSPS) is 10.4. The SMILES string of the molecule is Cc1ccc(C(=O)Nc2cc(N)ccc2-c2ccc(N)cc2)cc1. The molecule has 0 heterocycles. The summed E-state index contributed by atoms with van der Waals surface area (Å²) in [6, 6.07) is 20.4. The monoisotopic (exact) mass is 317 g/mol. The third-order valence-electron chi connectivity index (χ3n) is 3.83. The molecule has 0 spiro atoms. The van der Waals surface area contributed by atoms with E-state index < -0.39 is 0 Å². The van der Waals surface area contributed by atoms with E-state index in [9.17, 15) is 4.79 Å². The van der Waals surface area contributed by atoms with Gasteiger partial charge in [0.15, 0.2) is 0 Å². The molecule has 0 aliphatic heterocycles. The molecular formula is C20H19N3O. The molecule has 0 saturated heterocycles. The second kappa shape index (κ2) is 6.46. The minimum Gasteiger partial charge on any atom is -0.399 e. The summed E-state index contributed by atoms with van der Waals surface area (Å²) in [4.78, 5) is 12.5. The van der Waals surface area contributed by atoms with E-state index in [-0.39, 0.29) is 5.91 Å². The van der Waals surface area contributed by atoms with Crippen LogP contribution in [0.15, 0.2) is 66.7 Å². The van der Waals surface area contributed by atoms with Gasteiger partial charge in [-0.2, -0.15) is 0 Å². The van der Waals surface area contributed by atoms with E-state index in [0.29, 0.717) is 22.6 Å². The number of hydrogen-bond acceptors (Lipinski definition) is 3. The summed E-state index contributed by atoms with van der Waals surface area (Å²) in [5, 5.41) is 2.95. The topological polar surface area (TPSA) is 81.1 Å². The van der Waals surface area contributed by atoms with Gasteiger partial charge in [0, 0.05) is 22.5 Å². The maximum Gasteiger partial charge on any atom is 0.255 e. The molecule has 120 valence electrons. The first-order valence-corrected chi connectivity index (χ1v) is 7.66. The van der Waals surface area contributed by atoms with Gasteiger partial charge in [-0.3, -0.25) is 4.79 Å². The van der Waals surface area contributed by atoms with Gasteiger partial charge in [0.2, 0.25) is 0 Å². The van der Waals surface area contributed by atoms with Crippen LogP contribution in [-0.2, 0) is 0 Å². The van der Waals surface area contributed by atoms with Crippen molar-refractivity contribution >= 4 is 23.0 Å². The number of rotatable bonds is 3. The van der Waals surface area contributed by atoms with Crippen molar-refractivity contribution in [2.24, 2.45) is 0 Å². The van der Waals surface area contributed by atoms with Gasteiger partial charge in [-0.05, 0) is 48.9 Å². The summed E-state index contributed by atoms with van der Waals surface area (Å²) in [7, 11) is 0. The molecule has 0 aliphatic carbocycles. The maximum absolute atomic E-state index is 12.5. The Kier molecular flexibility index (Phi) is 4.20. The van der Waals surface area contributed by atoms with Crippen LogP contribution in [0.3, 0.4) is 0 Å². The largest absolute Gasteiger partial charge is 0.399 e. The number of anilines is 3. The van der Waals surface area contributed by atoms with E-state index in [4.69, 9.17) is 11.5 Å². The molecule has 0 radical (unpaired) electrons. The summed E-state index contributed by atoms with van der Waals surface area (Å²) in [5.41, 5.74) is 17.2. The van der Waals surface area contributed by atoms with Crippen LogP contribution in [0.1, 0.15) is 15.9 Å². The lowest BCUT2D eigenvalue weighted by molar-refractivity contribution is 0.102. The van der Waals surface area contributed by atoms with Crippen molar-refractivity contribution in [1.29, 1.82) is 0 Å². The Morgan fingerprint density at radius 2 is 1.46 bits per heavy atom. The van der Waals surface area contributed by atoms with Crippen molar-refractivity contribution in [1.82, 2.24) is 0 Å². The summed E-state index contributed by atoms with van der Waals surface area (Å²) in [6.07, 6.45) is 0. The van der Waals surface area contributed by atoms with E-state index in [1.165, 1.54) is 0 Å². The minimum absolute atomic E-state index is 0.169. The number of benzene rings is 3. The lowest BCUT2D eigenvalue weighted by Crippen LogP contribution is -2.12. The van der Waals surface area contributed by atoms with Gasteiger partial charge in [0.1, 0.15) is 0 Å². The first-order valence-electron chi connectivity index (χ1n) is 7.66. The van der Waals surface area contributed by atoms with Crippen LogP contribution in [0.2, 0.25) is 0 Å². The molecule has 0 atom stereocenters. The highest BCUT2D eigenvalue weighted by Gasteiger charge is 2.11. The van der Waals surface area contributed by atoms with Gasteiger partial charge < -0.3 is 16.8 Å². The zero-order chi connectivity index (χ0) is 17.1. The third-order valence-corrected chi connectivity index (χ3v) is 3.83. The van der Waals surface area contributed by atoms with Gasteiger partial charge in [-0.25, -0.2) is 0 Å². The second-order valence-electron chi connectivity index (χ2n) is 5.75. The fraction of sp³-hybridized carbons (Fsp3) is 0.0500. The van der Waals surface area contributed by atoms with E-state index >= 15 is 0 Å². The van der Waals surface area contributed by atoms with E-state index in [1.54, 1.807) is 18.2 Å².